The molecule has 0 unspecified atom stereocenters. The van der Waals surface area contributed by atoms with Gasteiger partial charge in [0.15, 0.2) is 5.78 Å². The number of aromatic nitrogens is 1. The van der Waals surface area contributed by atoms with E-state index in [0.717, 1.165) is 35.3 Å². The molecule has 0 radical (unpaired) electrons. The van der Waals surface area contributed by atoms with Crippen LogP contribution in [-0.4, -0.2) is 28.1 Å². The van der Waals surface area contributed by atoms with Crippen LogP contribution in [0.5, 0.6) is 0 Å². The Morgan fingerprint density at radius 1 is 1.12 bits per heavy atom. The number of aromatic amines is 1. The van der Waals surface area contributed by atoms with Crippen LogP contribution in [-0.2, 0) is 11.2 Å². The lowest BCUT2D eigenvalue weighted by Crippen LogP contribution is -2.27. The molecule has 32 heavy (non-hydrogen) atoms. The molecule has 0 saturated heterocycles. The summed E-state index contributed by atoms with van der Waals surface area (Å²) < 4.78 is 0. The Balaban J connectivity index is 1.63. The lowest BCUT2D eigenvalue weighted by atomic mass is 9.78. The van der Waals surface area contributed by atoms with E-state index in [1.165, 1.54) is 16.5 Å². The number of aliphatic hydroxyl groups excluding tert-OH is 1. The van der Waals surface area contributed by atoms with E-state index >= 15 is 0 Å². The first-order chi connectivity index (χ1) is 15.5. The minimum atomic E-state index is 0.00806. The number of nitrogens with zero attached hydrogens (tertiary/aromatic N) is 1. The van der Waals surface area contributed by atoms with Crippen LogP contribution in [0.3, 0.4) is 0 Å². The van der Waals surface area contributed by atoms with Gasteiger partial charge in [-0.15, -0.1) is 0 Å². The molecule has 2 aromatic carbocycles. The first-order valence-electron chi connectivity index (χ1n) is 11.6. The van der Waals surface area contributed by atoms with Gasteiger partial charge in [-0.3, -0.25) is 9.79 Å². The molecule has 166 valence electrons. The number of nitrogens with one attached hydrogen (secondary N) is 1. The largest absolute Gasteiger partial charge is 0.511 e. The SMILES string of the molecule is CCCC(O)=C1C(=O)C[C@H](c2ccccc2)CC1=NCCc1c(C)[nH]c2ccc(C)cc12. The summed E-state index contributed by atoms with van der Waals surface area (Å²) in [5.41, 5.74) is 7.21. The average Bonchev–Trinajstić information content (AvgIpc) is 3.08. The molecule has 4 nitrogen and oxygen atoms in total. The van der Waals surface area contributed by atoms with Crippen molar-refractivity contribution in [3.05, 3.63) is 82.2 Å². The maximum absolute atomic E-state index is 13.1. The summed E-state index contributed by atoms with van der Waals surface area (Å²) in [6, 6.07) is 16.6. The zero-order chi connectivity index (χ0) is 22.7. The lowest BCUT2D eigenvalue weighted by Gasteiger charge is -2.26. The topological polar surface area (TPSA) is 65.4 Å². The van der Waals surface area contributed by atoms with Crippen LogP contribution < -0.4 is 0 Å². The quantitative estimate of drug-likeness (QED) is 0.346. The van der Waals surface area contributed by atoms with E-state index in [2.05, 4.69) is 49.2 Å². The number of ketones is 1. The summed E-state index contributed by atoms with van der Waals surface area (Å²) in [5.74, 6) is 0.313. The van der Waals surface area contributed by atoms with Crippen LogP contribution in [0.1, 0.15) is 60.9 Å². The molecule has 1 fully saturated rings. The van der Waals surface area contributed by atoms with Crippen molar-refractivity contribution in [3.8, 4) is 0 Å². The number of aliphatic imine (C=N–C) groups is 1. The van der Waals surface area contributed by atoms with Crippen molar-refractivity contribution in [2.75, 3.05) is 6.54 Å². The first-order valence-corrected chi connectivity index (χ1v) is 11.6. The van der Waals surface area contributed by atoms with Crippen molar-refractivity contribution >= 4 is 22.4 Å². The van der Waals surface area contributed by atoms with Gasteiger partial charge in [-0.1, -0.05) is 48.9 Å². The van der Waals surface area contributed by atoms with Gasteiger partial charge in [-0.2, -0.15) is 0 Å². The Morgan fingerprint density at radius 2 is 1.91 bits per heavy atom. The number of rotatable bonds is 6. The highest BCUT2D eigenvalue weighted by Crippen LogP contribution is 2.34. The number of carbonyl (C=O) groups is 1. The molecule has 0 spiro atoms. The summed E-state index contributed by atoms with van der Waals surface area (Å²) in [5, 5.41) is 11.9. The number of Topliss-reactive ketones (excluding diaryl/α,β-unsaturated/α-hetero) is 1. The van der Waals surface area contributed by atoms with Crippen LogP contribution in [0.2, 0.25) is 0 Å². The Kier molecular flexibility index (Phi) is 6.59. The number of H-pyrrole nitrogens is 1. The Bertz CT molecular complexity index is 1180. The molecular weight excluding hydrogens is 396 g/mol. The van der Waals surface area contributed by atoms with Gasteiger partial charge in [-0.25, -0.2) is 0 Å². The van der Waals surface area contributed by atoms with Gasteiger partial charge >= 0.3 is 0 Å². The molecule has 1 aromatic heterocycles. The number of aryl methyl sites for hydroxylation is 2. The summed E-state index contributed by atoms with van der Waals surface area (Å²) in [6.07, 6.45) is 3.21. The third kappa shape index (κ3) is 4.55. The average molecular weight is 429 g/mol. The van der Waals surface area contributed by atoms with Crippen LogP contribution in [0.25, 0.3) is 10.9 Å². The molecule has 1 heterocycles. The van der Waals surface area contributed by atoms with E-state index in [9.17, 15) is 9.90 Å². The molecule has 3 aromatic rings. The third-order valence-electron chi connectivity index (χ3n) is 6.42. The number of allylic oxidation sites excluding steroid dienone is 2. The van der Waals surface area contributed by atoms with Crippen LogP contribution in [0.4, 0.5) is 0 Å². The highest BCUT2D eigenvalue weighted by atomic mass is 16.3. The molecule has 0 amide bonds. The second-order valence-corrected chi connectivity index (χ2v) is 8.87. The fraction of sp³-hybridized carbons (Fsp3) is 0.357. The summed E-state index contributed by atoms with van der Waals surface area (Å²) in [4.78, 5) is 21.4. The minimum absolute atomic E-state index is 0.00806. The molecule has 1 atom stereocenters. The van der Waals surface area contributed by atoms with Crippen molar-refractivity contribution in [2.24, 2.45) is 4.99 Å². The standard InChI is InChI=1S/C28H32N2O2/c1-4-8-26(31)28-25(16-21(17-27(28)32)20-9-6-5-7-10-20)29-14-13-22-19(3)30-24-12-11-18(2)15-23(22)24/h5-7,9-12,15,21,30-31H,4,8,13-14,16-17H2,1-3H3/t21-/m1/s1. The van der Waals surface area contributed by atoms with Gasteiger partial charge in [0.05, 0.1) is 5.57 Å². The van der Waals surface area contributed by atoms with Crippen LogP contribution >= 0.6 is 0 Å². The van der Waals surface area contributed by atoms with Crippen molar-refractivity contribution in [1.29, 1.82) is 0 Å². The van der Waals surface area contributed by atoms with Gasteiger partial charge in [0.1, 0.15) is 5.76 Å². The van der Waals surface area contributed by atoms with E-state index < -0.39 is 0 Å². The normalized spacial score (nSPS) is 19.7. The number of fused-ring (bicyclic) bond motifs is 1. The van der Waals surface area contributed by atoms with Gasteiger partial charge in [-0.05, 0) is 62.3 Å². The molecule has 0 bridgehead atoms. The smallest absolute Gasteiger partial charge is 0.168 e. The first kappa shape index (κ1) is 22.1. The van der Waals surface area contributed by atoms with Crippen molar-refractivity contribution in [2.45, 2.75) is 58.8 Å². The highest BCUT2D eigenvalue weighted by Gasteiger charge is 2.32. The lowest BCUT2D eigenvalue weighted by molar-refractivity contribution is -0.116. The zero-order valence-electron chi connectivity index (χ0n) is 19.2. The van der Waals surface area contributed by atoms with Crippen LogP contribution in [0, 0.1) is 13.8 Å². The van der Waals surface area contributed by atoms with Crippen molar-refractivity contribution in [3.63, 3.8) is 0 Å². The number of benzene rings is 2. The second kappa shape index (κ2) is 9.56. The maximum Gasteiger partial charge on any atom is 0.168 e. The van der Waals surface area contributed by atoms with Gasteiger partial charge in [0.2, 0.25) is 0 Å². The minimum Gasteiger partial charge on any atom is -0.511 e. The zero-order valence-corrected chi connectivity index (χ0v) is 19.2. The van der Waals surface area contributed by atoms with Crippen molar-refractivity contribution in [1.82, 2.24) is 4.98 Å². The fourth-order valence-electron chi connectivity index (χ4n) is 4.81. The predicted molar refractivity (Wildman–Crippen MR) is 132 cm³/mol. The second-order valence-electron chi connectivity index (χ2n) is 8.87. The third-order valence-corrected chi connectivity index (χ3v) is 6.42. The summed E-state index contributed by atoms with van der Waals surface area (Å²) in [7, 11) is 0. The van der Waals surface area contributed by atoms with E-state index in [1.807, 2.05) is 25.1 Å². The fourth-order valence-corrected chi connectivity index (χ4v) is 4.81. The molecule has 4 heteroatoms. The Hall–Kier alpha value is -3.14. The molecular formula is C28H32N2O2. The number of hydrogen-bond acceptors (Lipinski definition) is 3. The molecule has 0 aliphatic heterocycles. The molecule has 1 aliphatic rings. The number of hydrogen-bond donors (Lipinski definition) is 2. The summed E-state index contributed by atoms with van der Waals surface area (Å²) >= 11 is 0. The predicted octanol–water partition coefficient (Wildman–Crippen LogP) is 6.53. The monoisotopic (exact) mass is 428 g/mol. The van der Waals surface area contributed by atoms with Gasteiger partial charge in [0.25, 0.3) is 0 Å². The van der Waals surface area contributed by atoms with E-state index in [1.54, 1.807) is 0 Å². The van der Waals surface area contributed by atoms with E-state index in [-0.39, 0.29) is 17.5 Å². The van der Waals surface area contributed by atoms with Gasteiger partial charge in [0, 0.05) is 41.7 Å². The highest BCUT2D eigenvalue weighted by molar-refractivity contribution is 6.24. The van der Waals surface area contributed by atoms with E-state index in [0.29, 0.717) is 31.4 Å². The Labute approximate surface area is 190 Å². The molecule has 1 aliphatic carbocycles. The Morgan fingerprint density at radius 3 is 2.66 bits per heavy atom. The number of aliphatic hydroxyl groups is 1. The molecule has 4 rings (SSSR count). The molecule has 2 N–H and O–H groups in total. The number of carbonyl (C=O) groups excluding carboxylic acids is 1. The van der Waals surface area contributed by atoms with Crippen LogP contribution in [0.15, 0.2) is 64.9 Å². The molecule has 1 saturated carbocycles. The maximum atomic E-state index is 13.1. The summed E-state index contributed by atoms with van der Waals surface area (Å²) in [6.45, 7) is 6.81. The van der Waals surface area contributed by atoms with Crippen molar-refractivity contribution < 1.29 is 9.90 Å². The van der Waals surface area contributed by atoms with Gasteiger partial charge < -0.3 is 10.1 Å². The van der Waals surface area contributed by atoms with E-state index in [4.69, 9.17) is 4.99 Å².